The number of ketones is 1. The molecule has 0 aliphatic carbocycles. The van der Waals surface area contributed by atoms with Gasteiger partial charge in [-0.05, 0) is 6.92 Å². The molecule has 2 nitrogen and oxygen atoms in total. The average Bonchev–Trinajstić information content (AvgIpc) is 2.09. The summed E-state index contributed by atoms with van der Waals surface area (Å²) >= 11 is 1.99. The van der Waals surface area contributed by atoms with Gasteiger partial charge in [-0.1, -0.05) is 6.92 Å². The van der Waals surface area contributed by atoms with Gasteiger partial charge in [-0.3, -0.25) is 9.69 Å². The Morgan fingerprint density at radius 3 is 3.00 bits per heavy atom. The van der Waals surface area contributed by atoms with Gasteiger partial charge >= 0.3 is 0 Å². The fourth-order valence-corrected chi connectivity index (χ4v) is 2.42. The first-order chi connectivity index (χ1) is 5.74. The third kappa shape index (κ3) is 2.79. The molecule has 1 unspecified atom stereocenters. The molecule has 1 aliphatic heterocycles. The van der Waals surface area contributed by atoms with Gasteiger partial charge in [0.1, 0.15) is 5.78 Å². The van der Waals surface area contributed by atoms with Crippen molar-refractivity contribution < 1.29 is 4.79 Å². The second-order valence-corrected chi connectivity index (χ2v) is 4.44. The summed E-state index contributed by atoms with van der Waals surface area (Å²) in [6.07, 6.45) is 0.677. The van der Waals surface area contributed by atoms with E-state index < -0.39 is 0 Å². The molecule has 1 fully saturated rings. The molecule has 0 amide bonds. The predicted molar refractivity (Wildman–Crippen MR) is 53.7 cm³/mol. The second-order valence-electron chi connectivity index (χ2n) is 3.29. The molecule has 0 radical (unpaired) electrons. The summed E-state index contributed by atoms with van der Waals surface area (Å²) in [4.78, 5) is 13.5. The van der Waals surface area contributed by atoms with Crippen LogP contribution in [0, 0.1) is 0 Å². The number of rotatable bonds is 3. The lowest BCUT2D eigenvalue weighted by Crippen LogP contribution is -2.43. The van der Waals surface area contributed by atoms with Crippen LogP contribution in [0.2, 0.25) is 0 Å². The van der Waals surface area contributed by atoms with E-state index in [1.807, 2.05) is 18.7 Å². The van der Waals surface area contributed by atoms with E-state index in [-0.39, 0.29) is 0 Å². The van der Waals surface area contributed by atoms with Crippen LogP contribution in [0.15, 0.2) is 0 Å². The molecule has 0 N–H and O–H groups in total. The van der Waals surface area contributed by atoms with Crippen LogP contribution in [0.25, 0.3) is 0 Å². The van der Waals surface area contributed by atoms with Crippen LogP contribution in [-0.2, 0) is 4.79 Å². The summed E-state index contributed by atoms with van der Waals surface area (Å²) in [5, 5.41) is 0. The first-order valence-electron chi connectivity index (χ1n) is 4.57. The lowest BCUT2D eigenvalue weighted by molar-refractivity contribution is -0.120. The van der Waals surface area contributed by atoms with Crippen LogP contribution in [0.5, 0.6) is 0 Å². The molecule has 70 valence electrons. The minimum atomic E-state index is 0.369. The Kier molecular flexibility index (Phi) is 4.09. The maximum absolute atomic E-state index is 11.2. The van der Waals surface area contributed by atoms with Gasteiger partial charge in [0.25, 0.3) is 0 Å². The summed E-state index contributed by atoms with van der Waals surface area (Å²) < 4.78 is 0. The SMILES string of the molecule is CCC(=O)CN1CCSCC1C. The van der Waals surface area contributed by atoms with Crippen LogP contribution in [-0.4, -0.2) is 41.3 Å². The lowest BCUT2D eigenvalue weighted by Gasteiger charge is -2.32. The normalized spacial score (nSPS) is 25.7. The molecular formula is C9H17NOS. The Bertz CT molecular complexity index is 161. The molecule has 0 aromatic rings. The molecule has 1 aliphatic rings. The molecule has 3 heteroatoms. The highest BCUT2D eigenvalue weighted by molar-refractivity contribution is 7.99. The van der Waals surface area contributed by atoms with Gasteiger partial charge in [0.15, 0.2) is 0 Å². The van der Waals surface area contributed by atoms with E-state index in [0.717, 1.165) is 6.54 Å². The first-order valence-corrected chi connectivity index (χ1v) is 5.73. The monoisotopic (exact) mass is 187 g/mol. The number of Topliss-reactive ketones (excluding diaryl/α,β-unsaturated/α-hetero) is 1. The van der Waals surface area contributed by atoms with Crippen molar-refractivity contribution in [2.45, 2.75) is 26.3 Å². The van der Waals surface area contributed by atoms with Crippen LogP contribution in [0.1, 0.15) is 20.3 Å². The zero-order valence-electron chi connectivity index (χ0n) is 7.88. The highest BCUT2D eigenvalue weighted by atomic mass is 32.2. The second kappa shape index (κ2) is 4.87. The van der Waals surface area contributed by atoms with E-state index in [0.29, 0.717) is 24.8 Å². The molecule has 1 atom stereocenters. The molecule has 1 heterocycles. The van der Waals surface area contributed by atoms with E-state index in [1.54, 1.807) is 0 Å². The van der Waals surface area contributed by atoms with Crippen molar-refractivity contribution >= 4 is 17.5 Å². The molecule has 0 aromatic heterocycles. The van der Waals surface area contributed by atoms with Gasteiger partial charge < -0.3 is 0 Å². The van der Waals surface area contributed by atoms with Crippen LogP contribution in [0.4, 0.5) is 0 Å². The highest BCUT2D eigenvalue weighted by Gasteiger charge is 2.19. The quantitative estimate of drug-likeness (QED) is 0.666. The van der Waals surface area contributed by atoms with Crippen LogP contribution < -0.4 is 0 Å². The number of nitrogens with zero attached hydrogens (tertiary/aromatic N) is 1. The first kappa shape index (κ1) is 10.1. The molecule has 0 spiro atoms. The zero-order chi connectivity index (χ0) is 8.97. The van der Waals surface area contributed by atoms with E-state index >= 15 is 0 Å². The maximum atomic E-state index is 11.2. The number of thioether (sulfide) groups is 1. The van der Waals surface area contributed by atoms with E-state index in [4.69, 9.17) is 0 Å². The van der Waals surface area contributed by atoms with E-state index in [9.17, 15) is 4.79 Å². The zero-order valence-corrected chi connectivity index (χ0v) is 8.69. The molecular weight excluding hydrogens is 170 g/mol. The van der Waals surface area contributed by atoms with Gasteiger partial charge in [-0.25, -0.2) is 0 Å². The van der Waals surface area contributed by atoms with Crippen LogP contribution in [0.3, 0.4) is 0 Å². The predicted octanol–water partition coefficient (Wildman–Crippen LogP) is 1.40. The van der Waals surface area contributed by atoms with Gasteiger partial charge in [0.05, 0.1) is 6.54 Å². The molecule has 1 saturated heterocycles. The number of hydrogen-bond donors (Lipinski definition) is 0. The van der Waals surface area contributed by atoms with Gasteiger partial charge in [-0.15, -0.1) is 0 Å². The summed E-state index contributed by atoms with van der Waals surface area (Å²) in [7, 11) is 0. The average molecular weight is 187 g/mol. The van der Waals surface area contributed by atoms with Crippen molar-refractivity contribution in [2.24, 2.45) is 0 Å². The minimum absolute atomic E-state index is 0.369. The van der Waals surface area contributed by atoms with Crippen molar-refractivity contribution in [1.82, 2.24) is 4.90 Å². The largest absolute Gasteiger partial charge is 0.298 e. The van der Waals surface area contributed by atoms with Crippen molar-refractivity contribution in [3.63, 3.8) is 0 Å². The van der Waals surface area contributed by atoms with Crippen molar-refractivity contribution in [1.29, 1.82) is 0 Å². The summed E-state index contributed by atoms with van der Waals surface area (Å²) in [6, 6.07) is 0.583. The molecule has 1 rings (SSSR count). The maximum Gasteiger partial charge on any atom is 0.146 e. The van der Waals surface area contributed by atoms with Crippen LogP contribution >= 0.6 is 11.8 Å². The number of hydrogen-bond acceptors (Lipinski definition) is 3. The Labute approximate surface area is 78.7 Å². The Morgan fingerprint density at radius 1 is 1.67 bits per heavy atom. The van der Waals surface area contributed by atoms with E-state index in [2.05, 4.69) is 11.8 Å². The molecule has 0 saturated carbocycles. The third-order valence-electron chi connectivity index (χ3n) is 2.28. The Morgan fingerprint density at radius 2 is 2.42 bits per heavy atom. The highest BCUT2D eigenvalue weighted by Crippen LogP contribution is 2.15. The van der Waals surface area contributed by atoms with E-state index in [1.165, 1.54) is 11.5 Å². The fourth-order valence-electron chi connectivity index (χ4n) is 1.33. The minimum Gasteiger partial charge on any atom is -0.298 e. The summed E-state index contributed by atoms with van der Waals surface area (Å²) in [6.45, 7) is 5.89. The van der Waals surface area contributed by atoms with Crippen molar-refractivity contribution in [3.05, 3.63) is 0 Å². The van der Waals surface area contributed by atoms with Crippen molar-refractivity contribution in [3.8, 4) is 0 Å². The Balaban J connectivity index is 2.33. The standard InChI is InChI=1S/C9H17NOS/c1-3-9(11)6-10-4-5-12-7-8(10)2/h8H,3-7H2,1-2H3. The van der Waals surface area contributed by atoms with Gasteiger partial charge in [-0.2, -0.15) is 11.8 Å². The number of carbonyl (C=O) groups is 1. The van der Waals surface area contributed by atoms with Gasteiger partial charge in [0, 0.05) is 30.5 Å². The van der Waals surface area contributed by atoms with Gasteiger partial charge in [0.2, 0.25) is 0 Å². The lowest BCUT2D eigenvalue weighted by atomic mass is 10.2. The summed E-state index contributed by atoms with van der Waals surface area (Å²) in [5.41, 5.74) is 0. The van der Waals surface area contributed by atoms with Crippen molar-refractivity contribution in [2.75, 3.05) is 24.6 Å². The topological polar surface area (TPSA) is 20.3 Å². The summed E-state index contributed by atoms with van der Waals surface area (Å²) in [5.74, 6) is 2.73. The molecule has 0 bridgehead atoms. The fraction of sp³-hybridized carbons (Fsp3) is 0.889. The molecule has 0 aromatic carbocycles. The number of carbonyl (C=O) groups excluding carboxylic acids is 1. The smallest absolute Gasteiger partial charge is 0.146 e. The molecule has 12 heavy (non-hydrogen) atoms. The third-order valence-corrected chi connectivity index (χ3v) is 3.47. The Hall–Kier alpha value is -0.0200.